The van der Waals surface area contributed by atoms with Gasteiger partial charge in [-0.2, -0.15) is 0 Å². The highest BCUT2D eigenvalue weighted by Crippen LogP contribution is 2.32. The molecule has 1 aromatic heterocycles. The molecule has 1 amide bonds. The number of carbonyl (C=O) groups is 1. The lowest BCUT2D eigenvalue weighted by Crippen LogP contribution is -2.42. The van der Waals surface area contributed by atoms with Gasteiger partial charge in [-0.3, -0.25) is 4.79 Å². The van der Waals surface area contributed by atoms with Crippen molar-refractivity contribution in [1.29, 1.82) is 0 Å². The van der Waals surface area contributed by atoms with Crippen LogP contribution in [-0.2, 0) is 11.2 Å². The summed E-state index contributed by atoms with van der Waals surface area (Å²) in [6.07, 6.45) is 1.22. The van der Waals surface area contributed by atoms with E-state index in [4.69, 9.17) is 4.52 Å². The van der Waals surface area contributed by atoms with Crippen molar-refractivity contribution in [1.82, 2.24) is 10.1 Å². The van der Waals surface area contributed by atoms with Gasteiger partial charge >= 0.3 is 0 Å². The maximum atomic E-state index is 12.9. The number of aliphatic hydroxyl groups is 1. The summed E-state index contributed by atoms with van der Waals surface area (Å²) in [6, 6.07) is 7.80. The summed E-state index contributed by atoms with van der Waals surface area (Å²) in [5.41, 5.74) is 4.14. The Morgan fingerprint density at radius 2 is 2.17 bits per heavy atom. The molecule has 0 fully saturated rings. The first-order valence-corrected chi connectivity index (χ1v) is 8.43. The van der Waals surface area contributed by atoms with Gasteiger partial charge < -0.3 is 14.5 Å². The highest BCUT2D eigenvalue weighted by molar-refractivity contribution is 5.78. The summed E-state index contributed by atoms with van der Waals surface area (Å²) in [5.74, 6) is 0.881. The minimum Gasteiger partial charge on any atom is -0.394 e. The quantitative estimate of drug-likeness (QED) is 0.937. The highest BCUT2D eigenvalue weighted by atomic mass is 16.5. The maximum absolute atomic E-state index is 12.9. The smallest absolute Gasteiger partial charge is 0.223 e. The molecule has 0 saturated heterocycles. The molecule has 0 radical (unpaired) electrons. The summed E-state index contributed by atoms with van der Waals surface area (Å²) < 4.78 is 5.22. The Balaban J connectivity index is 1.78. The number of fused-ring (bicyclic) bond motifs is 1. The molecule has 1 aromatic carbocycles. The fraction of sp³-hybridized carbons (Fsp3) is 0.474. The number of benzene rings is 1. The molecule has 24 heavy (non-hydrogen) atoms. The van der Waals surface area contributed by atoms with Crippen LogP contribution in [0.25, 0.3) is 0 Å². The fourth-order valence-corrected chi connectivity index (χ4v) is 3.82. The number of carbonyl (C=O) groups excluding carboxylic acids is 1. The molecule has 5 heteroatoms. The van der Waals surface area contributed by atoms with Crippen LogP contribution in [0.15, 0.2) is 28.8 Å². The van der Waals surface area contributed by atoms with Crippen molar-refractivity contribution in [2.75, 3.05) is 13.2 Å². The number of hydrogen-bond acceptors (Lipinski definition) is 4. The van der Waals surface area contributed by atoms with Crippen LogP contribution in [0, 0.1) is 13.8 Å². The first-order valence-electron chi connectivity index (χ1n) is 8.43. The molecule has 0 bridgehead atoms. The predicted molar refractivity (Wildman–Crippen MR) is 90.7 cm³/mol. The van der Waals surface area contributed by atoms with E-state index in [1.165, 1.54) is 5.56 Å². The van der Waals surface area contributed by atoms with E-state index in [0.717, 1.165) is 29.0 Å². The summed E-state index contributed by atoms with van der Waals surface area (Å²) in [4.78, 5) is 14.7. The molecule has 2 heterocycles. The second kappa shape index (κ2) is 6.77. The predicted octanol–water partition coefficient (Wildman–Crippen LogP) is 2.90. The first kappa shape index (κ1) is 16.7. The molecule has 0 saturated carbocycles. The third kappa shape index (κ3) is 2.96. The van der Waals surface area contributed by atoms with Crippen LogP contribution < -0.4 is 0 Å². The van der Waals surface area contributed by atoms with Crippen molar-refractivity contribution < 1.29 is 14.4 Å². The van der Waals surface area contributed by atoms with Gasteiger partial charge in [-0.25, -0.2) is 0 Å². The SMILES string of the molecule is Cc1noc(C)c1[C@@H](C)CC(=O)N1CCc2ccccc2[C@@H]1CO. The Kier molecular flexibility index (Phi) is 4.71. The van der Waals surface area contributed by atoms with Gasteiger partial charge in [0, 0.05) is 18.5 Å². The number of aliphatic hydroxyl groups excluding tert-OH is 1. The summed E-state index contributed by atoms with van der Waals surface area (Å²) in [7, 11) is 0. The number of aryl methyl sites for hydroxylation is 2. The van der Waals surface area contributed by atoms with Crippen LogP contribution in [0.3, 0.4) is 0 Å². The Hall–Kier alpha value is -2.14. The first-order chi connectivity index (χ1) is 11.5. The average Bonchev–Trinajstić information content (AvgIpc) is 2.92. The maximum Gasteiger partial charge on any atom is 0.223 e. The summed E-state index contributed by atoms with van der Waals surface area (Å²) in [5, 5.41) is 13.8. The van der Waals surface area contributed by atoms with Crippen LogP contribution >= 0.6 is 0 Å². The molecule has 0 aliphatic carbocycles. The van der Waals surface area contributed by atoms with Crippen molar-refractivity contribution in [3.63, 3.8) is 0 Å². The van der Waals surface area contributed by atoms with Crippen molar-refractivity contribution >= 4 is 5.91 Å². The Morgan fingerprint density at radius 3 is 2.83 bits per heavy atom. The number of rotatable bonds is 4. The molecule has 128 valence electrons. The van der Waals surface area contributed by atoms with E-state index >= 15 is 0 Å². The number of nitrogens with zero attached hydrogens (tertiary/aromatic N) is 2. The highest BCUT2D eigenvalue weighted by Gasteiger charge is 2.31. The zero-order chi connectivity index (χ0) is 17.3. The average molecular weight is 328 g/mol. The molecule has 2 atom stereocenters. The van der Waals surface area contributed by atoms with Crippen LogP contribution in [0.5, 0.6) is 0 Å². The lowest BCUT2D eigenvalue weighted by molar-refractivity contribution is -0.135. The monoisotopic (exact) mass is 328 g/mol. The molecule has 2 aromatic rings. The van der Waals surface area contributed by atoms with Crippen LogP contribution in [0.4, 0.5) is 0 Å². The van der Waals surface area contributed by atoms with Gasteiger partial charge in [0.2, 0.25) is 5.91 Å². The largest absolute Gasteiger partial charge is 0.394 e. The fourth-order valence-electron chi connectivity index (χ4n) is 3.82. The van der Waals surface area contributed by atoms with Crippen LogP contribution in [-0.4, -0.2) is 34.2 Å². The van der Waals surface area contributed by atoms with Crippen molar-refractivity contribution in [2.45, 2.75) is 45.6 Å². The van der Waals surface area contributed by atoms with Gasteiger partial charge in [0.15, 0.2) is 0 Å². The molecular weight excluding hydrogens is 304 g/mol. The van der Waals surface area contributed by atoms with Gasteiger partial charge in [0.1, 0.15) is 5.76 Å². The number of amides is 1. The zero-order valence-corrected chi connectivity index (χ0v) is 14.5. The van der Waals surface area contributed by atoms with E-state index in [9.17, 15) is 9.90 Å². The second-order valence-corrected chi connectivity index (χ2v) is 6.58. The van der Waals surface area contributed by atoms with Gasteiger partial charge in [0.25, 0.3) is 0 Å². The standard InChI is InChI=1S/C19H24N2O3/c1-12(19-13(2)20-24-14(19)3)10-18(23)21-9-8-15-6-4-5-7-16(15)17(21)11-22/h4-7,12,17,22H,8-11H2,1-3H3/t12-,17-/m0/s1. The van der Waals surface area contributed by atoms with Crippen LogP contribution in [0.2, 0.25) is 0 Å². The van der Waals surface area contributed by atoms with Gasteiger partial charge in [-0.15, -0.1) is 0 Å². The summed E-state index contributed by atoms with van der Waals surface area (Å²) >= 11 is 0. The Bertz CT molecular complexity index is 718. The third-order valence-corrected chi connectivity index (χ3v) is 4.97. The normalized spacial score (nSPS) is 18.3. The lowest BCUT2D eigenvalue weighted by Gasteiger charge is -2.37. The zero-order valence-electron chi connectivity index (χ0n) is 14.5. The number of hydrogen-bond donors (Lipinski definition) is 1. The van der Waals surface area contributed by atoms with Gasteiger partial charge in [-0.1, -0.05) is 36.3 Å². The van der Waals surface area contributed by atoms with E-state index < -0.39 is 0 Å². The Labute approximate surface area is 142 Å². The van der Waals surface area contributed by atoms with Gasteiger partial charge in [-0.05, 0) is 37.3 Å². The van der Waals surface area contributed by atoms with E-state index in [1.54, 1.807) is 0 Å². The second-order valence-electron chi connectivity index (χ2n) is 6.58. The number of aromatic nitrogens is 1. The van der Waals surface area contributed by atoms with Crippen molar-refractivity contribution in [3.05, 3.63) is 52.4 Å². The van der Waals surface area contributed by atoms with E-state index in [-0.39, 0.29) is 24.5 Å². The van der Waals surface area contributed by atoms with E-state index in [1.807, 2.05) is 43.9 Å². The van der Waals surface area contributed by atoms with Gasteiger partial charge in [0.05, 0.1) is 18.3 Å². The lowest BCUT2D eigenvalue weighted by atomic mass is 9.91. The molecule has 3 rings (SSSR count). The molecule has 5 nitrogen and oxygen atoms in total. The molecule has 1 aliphatic heterocycles. The molecular formula is C19H24N2O3. The summed E-state index contributed by atoms with van der Waals surface area (Å²) in [6.45, 7) is 6.40. The van der Waals surface area contributed by atoms with Crippen molar-refractivity contribution in [2.24, 2.45) is 0 Å². The minimum atomic E-state index is -0.251. The third-order valence-electron chi connectivity index (χ3n) is 4.97. The van der Waals surface area contributed by atoms with E-state index in [0.29, 0.717) is 13.0 Å². The molecule has 1 N–H and O–H groups in total. The Morgan fingerprint density at radius 1 is 1.42 bits per heavy atom. The van der Waals surface area contributed by atoms with Crippen molar-refractivity contribution in [3.8, 4) is 0 Å². The minimum absolute atomic E-state index is 0.0419. The molecule has 1 aliphatic rings. The van der Waals surface area contributed by atoms with E-state index in [2.05, 4.69) is 11.2 Å². The topological polar surface area (TPSA) is 66.6 Å². The molecule has 0 unspecified atom stereocenters. The molecule has 0 spiro atoms. The van der Waals surface area contributed by atoms with Crippen LogP contribution in [0.1, 0.15) is 53.4 Å².